The van der Waals surface area contributed by atoms with Crippen molar-refractivity contribution in [3.63, 3.8) is 0 Å². The van der Waals surface area contributed by atoms with E-state index in [2.05, 4.69) is 9.46 Å². The van der Waals surface area contributed by atoms with Gasteiger partial charge in [-0.3, -0.25) is 4.79 Å². The standard InChI is InChI=1S/C13H21N3O4S/c1-16(10-8-13(17)20-2)21(18,19)15-9-7-11-3-5-12(14)6-4-11/h3-6,15H,7-10,14H2,1-2H3. The molecule has 0 aliphatic carbocycles. The highest BCUT2D eigenvalue weighted by molar-refractivity contribution is 7.87. The zero-order valence-corrected chi connectivity index (χ0v) is 13.0. The minimum atomic E-state index is -3.59. The Morgan fingerprint density at radius 1 is 1.33 bits per heavy atom. The number of anilines is 1. The number of nitrogen functional groups attached to an aromatic ring is 1. The number of ether oxygens (including phenoxy) is 1. The molecule has 7 nitrogen and oxygen atoms in total. The zero-order chi connectivity index (χ0) is 15.9. The van der Waals surface area contributed by atoms with Gasteiger partial charge in [-0.25, -0.2) is 4.72 Å². The number of nitrogens with zero attached hydrogens (tertiary/aromatic N) is 1. The van der Waals surface area contributed by atoms with E-state index in [4.69, 9.17) is 5.73 Å². The fourth-order valence-corrected chi connectivity index (χ4v) is 2.50. The normalized spacial score (nSPS) is 11.6. The molecule has 0 fully saturated rings. The van der Waals surface area contributed by atoms with E-state index >= 15 is 0 Å². The van der Waals surface area contributed by atoms with E-state index < -0.39 is 16.2 Å². The molecule has 0 aromatic heterocycles. The van der Waals surface area contributed by atoms with Gasteiger partial charge >= 0.3 is 5.97 Å². The Balaban J connectivity index is 2.41. The van der Waals surface area contributed by atoms with Crippen LogP contribution in [0.5, 0.6) is 0 Å². The lowest BCUT2D eigenvalue weighted by molar-refractivity contribution is -0.140. The summed E-state index contributed by atoms with van der Waals surface area (Å²) in [4.78, 5) is 11.0. The van der Waals surface area contributed by atoms with Gasteiger partial charge in [0.25, 0.3) is 10.2 Å². The summed E-state index contributed by atoms with van der Waals surface area (Å²) in [5, 5.41) is 0. The zero-order valence-electron chi connectivity index (χ0n) is 12.2. The number of nitrogens with two attached hydrogens (primary N) is 1. The lowest BCUT2D eigenvalue weighted by atomic mass is 10.1. The molecule has 21 heavy (non-hydrogen) atoms. The van der Waals surface area contributed by atoms with E-state index in [1.807, 2.05) is 12.1 Å². The average molecular weight is 315 g/mol. The molecular weight excluding hydrogens is 294 g/mol. The van der Waals surface area contributed by atoms with Crippen LogP contribution in [0, 0.1) is 0 Å². The molecule has 1 aromatic carbocycles. The third kappa shape index (κ3) is 6.11. The first kappa shape index (κ1) is 17.4. The highest BCUT2D eigenvalue weighted by Crippen LogP contribution is 2.06. The molecule has 1 aromatic rings. The average Bonchev–Trinajstić information content (AvgIpc) is 2.46. The minimum Gasteiger partial charge on any atom is -0.469 e. The third-order valence-electron chi connectivity index (χ3n) is 2.95. The van der Waals surface area contributed by atoms with Crippen LogP contribution < -0.4 is 10.5 Å². The van der Waals surface area contributed by atoms with Crippen LogP contribution in [0.15, 0.2) is 24.3 Å². The number of nitrogens with one attached hydrogen (secondary N) is 1. The number of methoxy groups -OCH3 is 1. The molecule has 3 N–H and O–H groups in total. The van der Waals surface area contributed by atoms with Gasteiger partial charge in [0.2, 0.25) is 0 Å². The third-order valence-corrected chi connectivity index (χ3v) is 4.52. The Hall–Kier alpha value is -1.64. The molecule has 0 spiro atoms. The van der Waals surface area contributed by atoms with Crippen LogP contribution in [0.1, 0.15) is 12.0 Å². The molecule has 0 unspecified atom stereocenters. The predicted octanol–water partition coefficient (Wildman–Crippen LogP) is 0.141. The van der Waals surface area contributed by atoms with Gasteiger partial charge in [-0.15, -0.1) is 0 Å². The van der Waals surface area contributed by atoms with Crippen molar-refractivity contribution in [2.24, 2.45) is 0 Å². The Morgan fingerprint density at radius 2 is 1.95 bits per heavy atom. The summed E-state index contributed by atoms with van der Waals surface area (Å²) < 4.78 is 31.9. The van der Waals surface area contributed by atoms with Gasteiger partial charge in [0.15, 0.2) is 0 Å². The summed E-state index contributed by atoms with van der Waals surface area (Å²) in [6.07, 6.45) is 0.580. The molecule has 0 amide bonds. The highest BCUT2D eigenvalue weighted by Gasteiger charge is 2.17. The van der Waals surface area contributed by atoms with Crippen molar-refractivity contribution in [1.29, 1.82) is 0 Å². The van der Waals surface area contributed by atoms with Crippen LogP contribution in [0.25, 0.3) is 0 Å². The van der Waals surface area contributed by atoms with Crippen molar-refractivity contribution in [3.05, 3.63) is 29.8 Å². The molecule has 0 atom stereocenters. The van der Waals surface area contributed by atoms with Gasteiger partial charge in [0.1, 0.15) is 0 Å². The van der Waals surface area contributed by atoms with Crippen LogP contribution in [0.2, 0.25) is 0 Å². The summed E-state index contributed by atoms with van der Waals surface area (Å²) in [6, 6.07) is 7.24. The first-order valence-electron chi connectivity index (χ1n) is 6.47. The fraction of sp³-hybridized carbons (Fsp3) is 0.462. The number of hydrogen-bond donors (Lipinski definition) is 2. The van der Waals surface area contributed by atoms with E-state index in [9.17, 15) is 13.2 Å². The van der Waals surface area contributed by atoms with Gasteiger partial charge in [-0.05, 0) is 24.1 Å². The van der Waals surface area contributed by atoms with Gasteiger partial charge < -0.3 is 10.5 Å². The number of hydrogen-bond acceptors (Lipinski definition) is 5. The van der Waals surface area contributed by atoms with Crippen LogP contribution in [-0.2, 0) is 26.2 Å². The Bertz CT molecular complexity index is 557. The predicted molar refractivity (Wildman–Crippen MR) is 80.7 cm³/mol. The number of carbonyl (C=O) groups excluding carboxylic acids is 1. The minimum absolute atomic E-state index is 0.0197. The maximum Gasteiger partial charge on any atom is 0.306 e. The lowest BCUT2D eigenvalue weighted by Gasteiger charge is -2.17. The number of esters is 1. The summed E-state index contributed by atoms with van der Waals surface area (Å²) in [6.45, 7) is 0.346. The summed E-state index contributed by atoms with van der Waals surface area (Å²) >= 11 is 0. The maximum atomic E-state index is 11.9. The molecule has 1 rings (SSSR count). The maximum absolute atomic E-state index is 11.9. The quantitative estimate of drug-likeness (QED) is 0.525. The number of carbonyl (C=O) groups is 1. The molecular formula is C13H21N3O4S. The van der Waals surface area contributed by atoms with Crippen molar-refractivity contribution in [1.82, 2.24) is 9.03 Å². The van der Waals surface area contributed by atoms with Crippen molar-refractivity contribution in [3.8, 4) is 0 Å². The number of benzene rings is 1. The van der Waals surface area contributed by atoms with E-state index in [1.54, 1.807) is 12.1 Å². The Labute approximate surface area is 125 Å². The molecule has 0 radical (unpaired) electrons. The summed E-state index contributed by atoms with van der Waals surface area (Å²) in [7, 11) is -0.915. The fourth-order valence-electron chi connectivity index (χ4n) is 1.59. The smallest absolute Gasteiger partial charge is 0.306 e. The monoisotopic (exact) mass is 315 g/mol. The van der Waals surface area contributed by atoms with E-state index in [-0.39, 0.29) is 19.5 Å². The number of rotatable bonds is 8. The summed E-state index contributed by atoms with van der Waals surface area (Å²) in [5.41, 5.74) is 7.24. The lowest BCUT2D eigenvalue weighted by Crippen LogP contribution is -2.40. The van der Waals surface area contributed by atoms with Gasteiger partial charge in [-0.1, -0.05) is 12.1 Å². The van der Waals surface area contributed by atoms with Crippen molar-refractivity contribution >= 4 is 21.9 Å². The second-order valence-corrected chi connectivity index (χ2v) is 6.40. The SMILES string of the molecule is COC(=O)CCN(C)S(=O)(=O)NCCc1ccc(N)cc1. The van der Waals surface area contributed by atoms with Gasteiger partial charge in [0.05, 0.1) is 13.5 Å². The molecule has 118 valence electrons. The van der Waals surface area contributed by atoms with E-state index in [1.165, 1.54) is 14.2 Å². The van der Waals surface area contributed by atoms with Crippen molar-refractivity contribution in [2.75, 3.05) is 33.0 Å². The second-order valence-electron chi connectivity index (χ2n) is 4.54. The topological polar surface area (TPSA) is 102 Å². The van der Waals surface area contributed by atoms with E-state index in [0.717, 1.165) is 9.87 Å². The summed E-state index contributed by atoms with van der Waals surface area (Å²) in [5.74, 6) is -0.445. The van der Waals surface area contributed by atoms with Crippen LogP contribution in [-0.4, -0.2) is 45.9 Å². The van der Waals surface area contributed by atoms with Crippen LogP contribution >= 0.6 is 0 Å². The molecule has 0 saturated carbocycles. The molecule has 0 saturated heterocycles. The van der Waals surface area contributed by atoms with E-state index in [0.29, 0.717) is 12.1 Å². The Morgan fingerprint density at radius 3 is 2.52 bits per heavy atom. The van der Waals surface area contributed by atoms with Crippen molar-refractivity contribution < 1.29 is 17.9 Å². The molecule has 0 bridgehead atoms. The van der Waals surface area contributed by atoms with Crippen molar-refractivity contribution in [2.45, 2.75) is 12.8 Å². The van der Waals surface area contributed by atoms with Crippen LogP contribution in [0.3, 0.4) is 0 Å². The highest BCUT2D eigenvalue weighted by atomic mass is 32.2. The largest absolute Gasteiger partial charge is 0.469 e. The Kier molecular flexibility index (Phi) is 6.60. The first-order valence-corrected chi connectivity index (χ1v) is 7.91. The second kappa shape index (κ2) is 7.96. The molecule has 8 heteroatoms. The van der Waals surface area contributed by atoms with Gasteiger partial charge in [0, 0.05) is 25.8 Å². The van der Waals surface area contributed by atoms with Crippen LogP contribution in [0.4, 0.5) is 5.69 Å². The molecule has 0 aliphatic rings. The molecule has 0 aliphatic heterocycles. The van der Waals surface area contributed by atoms with Gasteiger partial charge in [-0.2, -0.15) is 12.7 Å². The molecule has 0 heterocycles. The first-order chi connectivity index (χ1) is 9.85.